The number of hydrogen-bond acceptors (Lipinski definition) is 7. The fourth-order valence-electron chi connectivity index (χ4n) is 5.07. The number of fused-ring (bicyclic) bond motifs is 1. The van der Waals surface area contributed by atoms with Crippen molar-refractivity contribution in [3.63, 3.8) is 0 Å². The summed E-state index contributed by atoms with van der Waals surface area (Å²) >= 11 is 0. The first kappa shape index (κ1) is 29.8. The average Bonchev–Trinajstić information content (AvgIpc) is 3.30. The zero-order chi connectivity index (χ0) is 30.1. The number of aromatic nitrogens is 4. The summed E-state index contributed by atoms with van der Waals surface area (Å²) in [6.07, 6.45) is 3.06. The van der Waals surface area contributed by atoms with Crippen molar-refractivity contribution in [3.05, 3.63) is 68.4 Å². The molecule has 1 fully saturated rings. The van der Waals surface area contributed by atoms with Gasteiger partial charge in [0.1, 0.15) is 11.6 Å². The normalized spacial score (nSPS) is 16.4. The molecule has 0 radical (unpaired) electrons. The summed E-state index contributed by atoms with van der Waals surface area (Å²) in [5.41, 5.74) is 0.176. The molecule has 3 heterocycles. The van der Waals surface area contributed by atoms with Gasteiger partial charge in [0, 0.05) is 38.3 Å². The minimum absolute atomic E-state index is 0.181. The molecule has 1 amide bonds. The van der Waals surface area contributed by atoms with Gasteiger partial charge in [-0.3, -0.25) is 14.2 Å². The molecule has 1 aliphatic heterocycles. The monoisotopic (exact) mass is 564 g/mol. The molecule has 11 nitrogen and oxygen atoms in total. The summed E-state index contributed by atoms with van der Waals surface area (Å²) in [6.45, 7) is 12.4. The van der Waals surface area contributed by atoms with Gasteiger partial charge >= 0.3 is 11.8 Å². The largest absolute Gasteiger partial charge is 0.444 e. The Hall–Kier alpha value is -4.15. The van der Waals surface area contributed by atoms with Crippen LogP contribution in [0.4, 0.5) is 10.7 Å². The summed E-state index contributed by atoms with van der Waals surface area (Å²) in [5, 5.41) is 2.95. The van der Waals surface area contributed by atoms with Gasteiger partial charge in [0.25, 0.3) is 5.56 Å². The first-order valence-electron chi connectivity index (χ1n) is 14.0. The minimum atomic E-state index is -1.01. The van der Waals surface area contributed by atoms with Crippen LogP contribution in [-0.4, -0.2) is 55.3 Å². The van der Waals surface area contributed by atoms with Crippen LogP contribution in [0.15, 0.2) is 51.6 Å². The number of ketones is 1. The Bertz CT molecular complexity index is 1590. The molecule has 11 heteroatoms. The third-order valence-corrected chi connectivity index (χ3v) is 7.09. The highest BCUT2D eigenvalue weighted by Crippen LogP contribution is 2.24. The van der Waals surface area contributed by atoms with Gasteiger partial charge in [0.15, 0.2) is 16.9 Å². The van der Waals surface area contributed by atoms with E-state index in [4.69, 9.17) is 9.72 Å². The van der Waals surface area contributed by atoms with E-state index in [9.17, 15) is 19.2 Å². The number of alkyl carbamates (subject to hydrolysis) is 1. The number of Topliss-reactive ketones (excluding diaryl/α,β-unsaturated/α-hetero) is 1. The summed E-state index contributed by atoms with van der Waals surface area (Å²) in [6, 6.07) is 7.43. The van der Waals surface area contributed by atoms with Crippen LogP contribution in [-0.2, 0) is 18.3 Å². The van der Waals surface area contributed by atoms with E-state index < -0.39 is 29.0 Å². The lowest BCUT2D eigenvalue weighted by Gasteiger charge is -2.34. The fourth-order valence-corrected chi connectivity index (χ4v) is 5.07. The van der Waals surface area contributed by atoms with Crippen LogP contribution in [0.2, 0.25) is 0 Å². The third-order valence-electron chi connectivity index (χ3n) is 7.09. The molecule has 2 atom stereocenters. The molecule has 4 rings (SSSR count). The van der Waals surface area contributed by atoms with Gasteiger partial charge in [-0.2, -0.15) is 4.98 Å². The predicted molar refractivity (Wildman–Crippen MR) is 159 cm³/mol. The highest BCUT2D eigenvalue weighted by Gasteiger charge is 2.30. The lowest BCUT2D eigenvalue weighted by molar-refractivity contribution is 0.0499. The Morgan fingerprint density at radius 3 is 2.49 bits per heavy atom. The number of anilines is 1. The average molecular weight is 565 g/mol. The highest BCUT2D eigenvalue weighted by molar-refractivity contribution is 5.98. The number of imidazole rings is 1. The van der Waals surface area contributed by atoms with Crippen molar-refractivity contribution in [2.45, 2.75) is 78.6 Å². The maximum atomic E-state index is 14.0. The number of nitrogens with zero attached hydrogens (tertiary/aromatic N) is 5. The number of aryl methyl sites for hydroxylation is 1. The second-order valence-corrected chi connectivity index (χ2v) is 11.8. The number of piperidine rings is 1. The van der Waals surface area contributed by atoms with Crippen molar-refractivity contribution in [1.29, 1.82) is 0 Å². The lowest BCUT2D eigenvalue weighted by Crippen LogP contribution is -2.49. The SMILES string of the molecule is CC(C)=CCn1c(N2CCCC(NC(=O)OC(C)(C)C)C2)nc2c1c(=O)n(C(C)C(=O)c1ccccc1)c(=O)n2C. The molecule has 1 aliphatic rings. The van der Waals surface area contributed by atoms with Gasteiger partial charge in [-0.25, -0.2) is 14.2 Å². The molecule has 0 spiro atoms. The standard InChI is InChI=1S/C30H40N6O5/c1-19(2)15-17-35-23-25(32-27(35)34-16-11-14-22(18-34)31-28(39)41-30(4,5)6)33(7)29(40)36(26(23)38)20(3)24(37)21-12-9-8-10-13-21/h8-10,12-13,15,20,22H,11,14,16-18H2,1-7H3,(H,31,39). The van der Waals surface area contributed by atoms with Crippen LogP contribution < -0.4 is 21.5 Å². The molecule has 1 saturated heterocycles. The number of benzene rings is 1. The van der Waals surface area contributed by atoms with Gasteiger partial charge in [-0.15, -0.1) is 0 Å². The Balaban J connectivity index is 1.79. The molecule has 2 aromatic heterocycles. The number of carbonyl (C=O) groups is 2. The summed E-state index contributed by atoms with van der Waals surface area (Å²) in [4.78, 5) is 60.0. The Morgan fingerprint density at radius 1 is 1.17 bits per heavy atom. The summed E-state index contributed by atoms with van der Waals surface area (Å²) < 4.78 is 9.59. The zero-order valence-corrected chi connectivity index (χ0v) is 24.9. The van der Waals surface area contributed by atoms with E-state index in [1.165, 1.54) is 4.57 Å². The van der Waals surface area contributed by atoms with E-state index in [0.29, 0.717) is 31.1 Å². The highest BCUT2D eigenvalue weighted by atomic mass is 16.6. The number of hydrogen-bond donors (Lipinski definition) is 1. The minimum Gasteiger partial charge on any atom is -0.444 e. The third kappa shape index (κ3) is 6.44. The van der Waals surface area contributed by atoms with Crippen LogP contribution in [0, 0.1) is 0 Å². The Kier molecular flexibility index (Phi) is 8.55. The Labute approximate surface area is 239 Å². The van der Waals surface area contributed by atoms with E-state index in [-0.39, 0.29) is 23.0 Å². The van der Waals surface area contributed by atoms with E-state index in [1.54, 1.807) is 48.9 Å². The quantitative estimate of drug-likeness (QED) is 0.342. The molecule has 220 valence electrons. The molecule has 0 aliphatic carbocycles. The molecular formula is C30H40N6O5. The van der Waals surface area contributed by atoms with Gasteiger partial charge in [0.2, 0.25) is 5.95 Å². The van der Waals surface area contributed by atoms with Crippen LogP contribution in [0.3, 0.4) is 0 Å². The second kappa shape index (κ2) is 11.8. The molecule has 1 aromatic carbocycles. The molecule has 2 unspecified atom stereocenters. The zero-order valence-electron chi connectivity index (χ0n) is 24.9. The molecular weight excluding hydrogens is 524 g/mol. The molecule has 0 saturated carbocycles. The molecule has 0 bridgehead atoms. The lowest BCUT2D eigenvalue weighted by atomic mass is 10.1. The number of allylic oxidation sites excluding steroid dienone is 2. The number of ether oxygens (including phenoxy) is 1. The van der Waals surface area contributed by atoms with Gasteiger partial charge in [0.05, 0.1) is 0 Å². The Morgan fingerprint density at radius 2 is 1.85 bits per heavy atom. The molecule has 3 aromatic rings. The number of amides is 1. The maximum Gasteiger partial charge on any atom is 0.407 e. The van der Waals surface area contributed by atoms with Crippen LogP contribution >= 0.6 is 0 Å². The number of rotatable bonds is 7. The summed E-state index contributed by atoms with van der Waals surface area (Å²) in [7, 11) is 1.56. The van der Waals surface area contributed by atoms with Crippen molar-refractivity contribution >= 4 is 29.0 Å². The summed E-state index contributed by atoms with van der Waals surface area (Å²) in [5.74, 6) is 0.201. The van der Waals surface area contributed by atoms with E-state index in [1.807, 2.05) is 45.6 Å². The fraction of sp³-hybridized carbons (Fsp3) is 0.500. The van der Waals surface area contributed by atoms with E-state index in [0.717, 1.165) is 23.0 Å². The number of nitrogens with one attached hydrogen (secondary N) is 1. The molecule has 1 N–H and O–H groups in total. The molecule has 41 heavy (non-hydrogen) atoms. The topological polar surface area (TPSA) is 120 Å². The van der Waals surface area contributed by atoms with Crippen LogP contribution in [0.5, 0.6) is 0 Å². The van der Waals surface area contributed by atoms with Crippen molar-refractivity contribution in [2.24, 2.45) is 7.05 Å². The second-order valence-electron chi connectivity index (χ2n) is 11.8. The van der Waals surface area contributed by atoms with Crippen molar-refractivity contribution in [3.8, 4) is 0 Å². The first-order valence-corrected chi connectivity index (χ1v) is 14.0. The van der Waals surface area contributed by atoms with Gasteiger partial charge in [-0.05, 0) is 54.4 Å². The van der Waals surface area contributed by atoms with Crippen LogP contribution in [0.25, 0.3) is 11.2 Å². The van der Waals surface area contributed by atoms with Crippen molar-refractivity contribution < 1.29 is 14.3 Å². The van der Waals surface area contributed by atoms with Crippen molar-refractivity contribution in [1.82, 2.24) is 24.0 Å². The van der Waals surface area contributed by atoms with E-state index in [2.05, 4.69) is 5.32 Å². The van der Waals surface area contributed by atoms with Crippen molar-refractivity contribution in [2.75, 3.05) is 18.0 Å². The van der Waals surface area contributed by atoms with E-state index >= 15 is 0 Å². The predicted octanol–water partition coefficient (Wildman–Crippen LogP) is 3.80. The van der Waals surface area contributed by atoms with Gasteiger partial charge < -0.3 is 19.5 Å². The number of carbonyl (C=O) groups excluding carboxylic acids is 2. The maximum absolute atomic E-state index is 14.0. The van der Waals surface area contributed by atoms with Crippen LogP contribution in [0.1, 0.15) is 70.8 Å². The first-order chi connectivity index (χ1) is 19.3. The van der Waals surface area contributed by atoms with Gasteiger partial charge in [-0.1, -0.05) is 42.0 Å². The smallest absolute Gasteiger partial charge is 0.407 e.